The number of ether oxygens (including phenoxy) is 1. The lowest BCUT2D eigenvalue weighted by Crippen LogP contribution is -1.89. The van der Waals surface area contributed by atoms with Gasteiger partial charge in [-0.25, -0.2) is 0 Å². The number of rotatable bonds is 18. The Morgan fingerprint density at radius 3 is 1.21 bits per heavy atom. The number of hydrogen-bond acceptors (Lipinski definition) is 1. The van der Waals surface area contributed by atoms with Gasteiger partial charge in [0.2, 0.25) is 0 Å². The molecule has 0 aliphatic heterocycles. The summed E-state index contributed by atoms with van der Waals surface area (Å²) in [6, 6.07) is 0. The standard InChI is InChI=1S/C28H46O/c1-5-9-13-17-21-25-27(23-19-15-11-7-3)29-28(24-20-16-12-8-4)26-22-18-14-10-6-2/h17-26H,5-16H2,1-4H3. The largest absolute Gasteiger partial charge is 0.457 e. The lowest BCUT2D eigenvalue weighted by atomic mass is 10.2. The maximum absolute atomic E-state index is 6.27. The number of hydrogen-bond donors (Lipinski definition) is 0. The van der Waals surface area contributed by atoms with Gasteiger partial charge in [0, 0.05) is 0 Å². The van der Waals surface area contributed by atoms with Crippen LogP contribution in [0.25, 0.3) is 0 Å². The van der Waals surface area contributed by atoms with Crippen LogP contribution in [0.2, 0.25) is 0 Å². The quantitative estimate of drug-likeness (QED) is 0.127. The summed E-state index contributed by atoms with van der Waals surface area (Å²) in [5.41, 5.74) is 0. The van der Waals surface area contributed by atoms with Gasteiger partial charge in [-0.05, 0) is 50.0 Å². The van der Waals surface area contributed by atoms with Gasteiger partial charge in [-0.2, -0.15) is 0 Å². The van der Waals surface area contributed by atoms with E-state index in [2.05, 4.69) is 88.5 Å². The third-order valence-corrected chi connectivity index (χ3v) is 4.49. The average molecular weight is 399 g/mol. The summed E-state index contributed by atoms with van der Waals surface area (Å²) >= 11 is 0. The Kier molecular flexibility index (Phi) is 21.2. The number of unbranched alkanes of at least 4 members (excludes halogenated alkanes) is 8. The summed E-state index contributed by atoms with van der Waals surface area (Å²) in [7, 11) is 0. The monoisotopic (exact) mass is 398 g/mol. The summed E-state index contributed by atoms with van der Waals surface area (Å²) in [6.07, 6.45) is 35.8. The molecule has 0 aromatic carbocycles. The number of allylic oxidation sites excluding steroid dienone is 10. The third-order valence-electron chi connectivity index (χ3n) is 4.49. The molecule has 29 heavy (non-hydrogen) atoms. The summed E-state index contributed by atoms with van der Waals surface area (Å²) in [6.45, 7) is 8.91. The molecule has 0 bridgehead atoms. The summed E-state index contributed by atoms with van der Waals surface area (Å²) in [5, 5.41) is 0. The van der Waals surface area contributed by atoms with Crippen molar-refractivity contribution in [2.75, 3.05) is 0 Å². The van der Waals surface area contributed by atoms with Crippen molar-refractivity contribution in [3.8, 4) is 0 Å². The molecule has 0 rings (SSSR count). The van der Waals surface area contributed by atoms with Crippen molar-refractivity contribution in [1.82, 2.24) is 0 Å². The minimum atomic E-state index is 0.905. The van der Waals surface area contributed by atoms with Crippen molar-refractivity contribution < 1.29 is 4.74 Å². The van der Waals surface area contributed by atoms with E-state index in [1.165, 1.54) is 51.4 Å². The zero-order valence-electron chi connectivity index (χ0n) is 19.7. The zero-order valence-corrected chi connectivity index (χ0v) is 19.7. The normalized spacial score (nSPS) is 13.7. The van der Waals surface area contributed by atoms with E-state index in [-0.39, 0.29) is 0 Å². The fraction of sp³-hybridized carbons (Fsp3) is 0.571. The van der Waals surface area contributed by atoms with E-state index < -0.39 is 0 Å². The van der Waals surface area contributed by atoms with Crippen molar-refractivity contribution in [3.05, 3.63) is 72.3 Å². The molecule has 0 unspecified atom stereocenters. The van der Waals surface area contributed by atoms with Gasteiger partial charge < -0.3 is 4.74 Å². The molecular formula is C28H46O. The molecule has 0 heterocycles. The van der Waals surface area contributed by atoms with Crippen LogP contribution >= 0.6 is 0 Å². The highest BCUT2D eigenvalue weighted by Crippen LogP contribution is 2.13. The van der Waals surface area contributed by atoms with Crippen molar-refractivity contribution >= 4 is 0 Å². The van der Waals surface area contributed by atoms with Gasteiger partial charge in [0.15, 0.2) is 0 Å². The molecule has 0 aromatic rings. The molecule has 0 radical (unpaired) electrons. The first-order valence-electron chi connectivity index (χ1n) is 12.0. The molecular weight excluding hydrogens is 352 g/mol. The summed E-state index contributed by atoms with van der Waals surface area (Å²) in [4.78, 5) is 0. The zero-order chi connectivity index (χ0) is 21.4. The molecule has 1 heteroatoms. The van der Waals surface area contributed by atoms with E-state index in [0.29, 0.717) is 0 Å². The van der Waals surface area contributed by atoms with Crippen LogP contribution in [0.4, 0.5) is 0 Å². The Labute approximate surface area is 182 Å². The van der Waals surface area contributed by atoms with Gasteiger partial charge in [-0.15, -0.1) is 0 Å². The summed E-state index contributed by atoms with van der Waals surface area (Å²) < 4.78 is 6.27. The summed E-state index contributed by atoms with van der Waals surface area (Å²) in [5.74, 6) is 1.81. The Balaban J connectivity index is 5.22. The molecule has 0 saturated heterocycles. The predicted octanol–water partition coefficient (Wildman–Crippen LogP) is 9.76. The molecule has 1 nitrogen and oxygen atoms in total. The van der Waals surface area contributed by atoms with E-state index in [9.17, 15) is 0 Å². The highest BCUT2D eigenvalue weighted by atomic mass is 16.5. The smallest absolute Gasteiger partial charge is 0.127 e. The fourth-order valence-electron chi connectivity index (χ4n) is 2.59. The van der Waals surface area contributed by atoms with E-state index >= 15 is 0 Å². The average Bonchev–Trinajstić information content (AvgIpc) is 2.73. The lowest BCUT2D eigenvalue weighted by Gasteiger charge is -2.07. The first-order valence-corrected chi connectivity index (χ1v) is 12.0. The second kappa shape index (κ2) is 22.5. The molecule has 0 atom stereocenters. The van der Waals surface area contributed by atoms with E-state index in [1.54, 1.807) is 0 Å². The second-order valence-corrected chi connectivity index (χ2v) is 7.47. The van der Waals surface area contributed by atoms with Crippen molar-refractivity contribution in [1.29, 1.82) is 0 Å². The van der Waals surface area contributed by atoms with Crippen molar-refractivity contribution in [2.24, 2.45) is 0 Å². The first-order chi connectivity index (χ1) is 14.3. The first kappa shape index (κ1) is 27.2. The van der Waals surface area contributed by atoms with Crippen LogP contribution < -0.4 is 0 Å². The highest BCUT2D eigenvalue weighted by Gasteiger charge is 1.97. The minimum Gasteiger partial charge on any atom is -0.457 e. The molecule has 0 aliphatic carbocycles. The predicted molar refractivity (Wildman–Crippen MR) is 132 cm³/mol. The van der Waals surface area contributed by atoms with Crippen molar-refractivity contribution in [2.45, 2.75) is 105 Å². The molecule has 164 valence electrons. The molecule has 0 fully saturated rings. The van der Waals surface area contributed by atoms with Crippen molar-refractivity contribution in [3.63, 3.8) is 0 Å². The van der Waals surface area contributed by atoms with Crippen LogP contribution in [0, 0.1) is 0 Å². The van der Waals surface area contributed by atoms with E-state index in [4.69, 9.17) is 4.74 Å². The van der Waals surface area contributed by atoms with Gasteiger partial charge in [0.1, 0.15) is 11.5 Å². The molecule has 0 aromatic heterocycles. The topological polar surface area (TPSA) is 9.23 Å². The molecule has 0 saturated carbocycles. The minimum absolute atomic E-state index is 0.905. The molecule has 0 aliphatic rings. The van der Waals surface area contributed by atoms with Crippen LogP contribution in [-0.4, -0.2) is 0 Å². The van der Waals surface area contributed by atoms with Crippen LogP contribution in [0.3, 0.4) is 0 Å². The third kappa shape index (κ3) is 19.3. The maximum atomic E-state index is 6.27. The second-order valence-electron chi connectivity index (χ2n) is 7.47. The Bertz CT molecular complexity index is 481. The Hall–Kier alpha value is -1.76. The van der Waals surface area contributed by atoms with E-state index in [1.807, 2.05) is 0 Å². The maximum Gasteiger partial charge on any atom is 0.127 e. The van der Waals surface area contributed by atoms with Gasteiger partial charge in [-0.3, -0.25) is 0 Å². The van der Waals surface area contributed by atoms with Crippen LogP contribution in [-0.2, 0) is 4.74 Å². The molecule has 0 amide bonds. The molecule has 0 spiro atoms. The SMILES string of the molecule is CCCCC=CC=C(C=CCCCC)OC(C=CCCCC)=CC=CCCCC. The Morgan fingerprint density at radius 2 is 0.862 bits per heavy atom. The fourth-order valence-corrected chi connectivity index (χ4v) is 2.59. The lowest BCUT2D eigenvalue weighted by molar-refractivity contribution is 0.336. The van der Waals surface area contributed by atoms with E-state index in [0.717, 1.165) is 37.2 Å². The van der Waals surface area contributed by atoms with Crippen LogP contribution in [0.5, 0.6) is 0 Å². The Morgan fingerprint density at radius 1 is 0.517 bits per heavy atom. The van der Waals surface area contributed by atoms with Gasteiger partial charge in [-0.1, -0.05) is 116 Å². The van der Waals surface area contributed by atoms with Gasteiger partial charge in [0.05, 0.1) is 0 Å². The van der Waals surface area contributed by atoms with Crippen LogP contribution in [0.15, 0.2) is 72.3 Å². The highest BCUT2D eigenvalue weighted by molar-refractivity contribution is 5.25. The molecule has 0 N–H and O–H groups in total. The van der Waals surface area contributed by atoms with Gasteiger partial charge in [0.25, 0.3) is 0 Å². The van der Waals surface area contributed by atoms with Gasteiger partial charge >= 0.3 is 0 Å². The van der Waals surface area contributed by atoms with Crippen LogP contribution in [0.1, 0.15) is 105 Å².